The number of aliphatic hydroxyl groups excluding tert-OH is 1. The molecule has 6 N–H and O–H groups in total. The zero-order valence-electron chi connectivity index (χ0n) is 13.3. The summed E-state index contributed by atoms with van der Waals surface area (Å²) >= 11 is 0. The Bertz CT molecular complexity index is 804. The lowest BCUT2D eigenvalue weighted by Gasteiger charge is -2.20. The Morgan fingerprint density at radius 1 is 1.24 bits per heavy atom. The van der Waals surface area contributed by atoms with Gasteiger partial charge in [0.25, 0.3) is 5.91 Å². The second-order valence-corrected chi connectivity index (χ2v) is 5.35. The van der Waals surface area contributed by atoms with Crippen LogP contribution in [-0.4, -0.2) is 39.0 Å². The third kappa shape index (κ3) is 5.38. The number of carbonyl (C=O) groups excluding carboxylic acids is 2. The van der Waals surface area contributed by atoms with Crippen LogP contribution in [0, 0.1) is 0 Å². The van der Waals surface area contributed by atoms with Crippen molar-refractivity contribution in [3.05, 3.63) is 52.6 Å². The van der Waals surface area contributed by atoms with E-state index in [4.69, 9.17) is 10.8 Å². The van der Waals surface area contributed by atoms with E-state index >= 15 is 0 Å². The molecule has 0 radical (unpaired) electrons. The van der Waals surface area contributed by atoms with Crippen molar-refractivity contribution in [2.24, 2.45) is 5.73 Å². The first-order chi connectivity index (χ1) is 11.3. The molecule has 2 rings (SSSR count). The van der Waals surface area contributed by atoms with Crippen molar-refractivity contribution >= 4 is 35.7 Å². The summed E-state index contributed by atoms with van der Waals surface area (Å²) in [5.74, 6) is -0.760. The molecule has 0 fully saturated rings. The molecule has 0 aliphatic heterocycles. The van der Waals surface area contributed by atoms with Crippen molar-refractivity contribution in [2.75, 3.05) is 17.2 Å². The predicted octanol–water partition coefficient (Wildman–Crippen LogP) is 0.0922. The number of nitrogens with one attached hydrogen (secondary N) is 3. The highest BCUT2D eigenvalue weighted by Gasteiger charge is 2.27. The summed E-state index contributed by atoms with van der Waals surface area (Å²) in [4.78, 5) is 40.8. The Labute approximate surface area is 149 Å². The third-order valence-electron chi connectivity index (χ3n) is 3.17. The highest BCUT2D eigenvalue weighted by molar-refractivity contribution is 6.04. The number of halogens is 1. The standard InChI is InChI=1S/C15H17N5O4.ClH/c1-15(16,8-21)13(23)18-10-4-2-9(3-5-10)12(22)19-11-6-7-17-14(24)20-11;/h2-7,21H,8,16H2,1H3,(H,18,23)(H2,17,19,20,22,24);1H. The molecule has 1 heterocycles. The number of hydrogen-bond acceptors (Lipinski definition) is 6. The molecule has 25 heavy (non-hydrogen) atoms. The van der Waals surface area contributed by atoms with Gasteiger partial charge in [-0.25, -0.2) is 9.78 Å². The summed E-state index contributed by atoms with van der Waals surface area (Å²) in [7, 11) is 0. The van der Waals surface area contributed by atoms with Gasteiger partial charge in [-0.3, -0.25) is 14.6 Å². The van der Waals surface area contributed by atoms with Gasteiger partial charge in [0.2, 0.25) is 5.91 Å². The molecule has 0 aliphatic carbocycles. The van der Waals surface area contributed by atoms with Crippen LogP contribution in [0.5, 0.6) is 0 Å². The summed E-state index contributed by atoms with van der Waals surface area (Å²) < 4.78 is 0. The Kier molecular flexibility index (Phi) is 6.80. The molecule has 10 heteroatoms. The maximum atomic E-state index is 12.1. The van der Waals surface area contributed by atoms with Crippen LogP contribution in [-0.2, 0) is 4.79 Å². The molecular weight excluding hydrogens is 350 g/mol. The average molecular weight is 368 g/mol. The molecule has 0 spiro atoms. The molecule has 1 unspecified atom stereocenters. The maximum absolute atomic E-state index is 12.1. The van der Waals surface area contributed by atoms with Crippen molar-refractivity contribution in [3.8, 4) is 0 Å². The number of nitrogens with two attached hydrogens (primary N) is 1. The summed E-state index contributed by atoms with van der Waals surface area (Å²) in [5.41, 5.74) is 4.41. The Balaban J connectivity index is 0.00000312. The monoisotopic (exact) mass is 367 g/mol. The van der Waals surface area contributed by atoms with E-state index in [0.717, 1.165) is 0 Å². The van der Waals surface area contributed by atoms with Gasteiger partial charge in [-0.1, -0.05) is 0 Å². The quantitative estimate of drug-likeness (QED) is 0.505. The molecule has 2 amide bonds. The summed E-state index contributed by atoms with van der Waals surface area (Å²) in [5, 5.41) is 14.1. The van der Waals surface area contributed by atoms with E-state index < -0.39 is 29.6 Å². The zero-order chi connectivity index (χ0) is 17.7. The second-order valence-electron chi connectivity index (χ2n) is 5.35. The number of nitrogens with zero attached hydrogens (tertiary/aromatic N) is 1. The van der Waals surface area contributed by atoms with Crippen molar-refractivity contribution in [2.45, 2.75) is 12.5 Å². The van der Waals surface area contributed by atoms with Crippen molar-refractivity contribution in [1.82, 2.24) is 9.97 Å². The largest absolute Gasteiger partial charge is 0.394 e. The fourth-order valence-corrected chi connectivity index (χ4v) is 1.69. The van der Waals surface area contributed by atoms with Crippen LogP contribution in [0.25, 0.3) is 0 Å². The molecule has 2 aromatic rings. The normalized spacial score (nSPS) is 12.4. The number of aromatic amines is 1. The number of carbonyl (C=O) groups is 2. The van der Waals surface area contributed by atoms with E-state index in [9.17, 15) is 14.4 Å². The number of benzene rings is 1. The first kappa shape index (κ1) is 20.3. The van der Waals surface area contributed by atoms with Gasteiger partial charge < -0.3 is 21.5 Å². The SMILES string of the molecule is CC(N)(CO)C(=O)Nc1ccc(C(=O)Nc2ccnc(=O)[nH]2)cc1.Cl. The van der Waals surface area contributed by atoms with Crippen LogP contribution < -0.4 is 22.1 Å². The van der Waals surface area contributed by atoms with Crippen LogP contribution in [0.2, 0.25) is 0 Å². The number of aromatic nitrogens is 2. The number of hydrogen-bond donors (Lipinski definition) is 5. The van der Waals surface area contributed by atoms with Crippen LogP contribution >= 0.6 is 12.4 Å². The fourth-order valence-electron chi connectivity index (χ4n) is 1.69. The Morgan fingerprint density at radius 3 is 2.44 bits per heavy atom. The zero-order valence-corrected chi connectivity index (χ0v) is 14.1. The molecule has 0 bridgehead atoms. The van der Waals surface area contributed by atoms with Crippen LogP contribution in [0.1, 0.15) is 17.3 Å². The lowest BCUT2D eigenvalue weighted by atomic mass is 10.0. The summed E-state index contributed by atoms with van der Waals surface area (Å²) in [6.45, 7) is 0.906. The van der Waals surface area contributed by atoms with Gasteiger partial charge in [-0.2, -0.15) is 0 Å². The van der Waals surface area contributed by atoms with Crippen molar-refractivity contribution < 1.29 is 14.7 Å². The van der Waals surface area contributed by atoms with Crippen LogP contribution in [0.4, 0.5) is 11.5 Å². The van der Waals surface area contributed by atoms with Gasteiger partial charge in [0, 0.05) is 17.4 Å². The van der Waals surface area contributed by atoms with Gasteiger partial charge in [0.1, 0.15) is 11.4 Å². The lowest BCUT2D eigenvalue weighted by molar-refractivity contribution is -0.121. The average Bonchev–Trinajstić information content (AvgIpc) is 2.55. The number of aliphatic hydroxyl groups is 1. The molecular formula is C15H18ClN5O4. The summed E-state index contributed by atoms with van der Waals surface area (Å²) in [6.07, 6.45) is 1.28. The highest BCUT2D eigenvalue weighted by atomic mass is 35.5. The molecule has 134 valence electrons. The minimum Gasteiger partial charge on any atom is -0.394 e. The van der Waals surface area contributed by atoms with E-state index in [2.05, 4.69) is 20.6 Å². The van der Waals surface area contributed by atoms with Gasteiger partial charge in [0.15, 0.2) is 0 Å². The number of rotatable bonds is 5. The first-order valence-corrected chi connectivity index (χ1v) is 7.00. The van der Waals surface area contributed by atoms with E-state index in [1.54, 1.807) is 0 Å². The minimum absolute atomic E-state index is 0. The number of H-pyrrole nitrogens is 1. The first-order valence-electron chi connectivity index (χ1n) is 7.00. The predicted molar refractivity (Wildman–Crippen MR) is 94.8 cm³/mol. The molecule has 0 saturated carbocycles. The lowest BCUT2D eigenvalue weighted by Crippen LogP contribution is -2.51. The van der Waals surface area contributed by atoms with E-state index in [0.29, 0.717) is 11.3 Å². The van der Waals surface area contributed by atoms with Gasteiger partial charge in [-0.05, 0) is 37.3 Å². The van der Waals surface area contributed by atoms with Crippen LogP contribution in [0.15, 0.2) is 41.3 Å². The molecule has 1 atom stereocenters. The van der Waals surface area contributed by atoms with Gasteiger partial charge >= 0.3 is 5.69 Å². The Hall–Kier alpha value is -2.75. The summed E-state index contributed by atoms with van der Waals surface area (Å²) in [6, 6.07) is 7.49. The van der Waals surface area contributed by atoms with Crippen molar-refractivity contribution in [1.29, 1.82) is 0 Å². The van der Waals surface area contributed by atoms with Crippen LogP contribution in [0.3, 0.4) is 0 Å². The fraction of sp³-hybridized carbons (Fsp3) is 0.200. The smallest absolute Gasteiger partial charge is 0.346 e. The van der Waals surface area contributed by atoms with E-state index in [1.807, 2.05) is 0 Å². The number of amides is 2. The number of anilines is 2. The van der Waals surface area contributed by atoms with Gasteiger partial charge in [-0.15, -0.1) is 12.4 Å². The molecule has 0 aliphatic rings. The highest BCUT2D eigenvalue weighted by Crippen LogP contribution is 2.13. The minimum atomic E-state index is -1.40. The molecule has 1 aromatic carbocycles. The molecule has 1 aromatic heterocycles. The topological polar surface area (TPSA) is 150 Å². The van der Waals surface area contributed by atoms with Gasteiger partial charge in [0.05, 0.1) is 6.61 Å². The van der Waals surface area contributed by atoms with Crippen molar-refractivity contribution in [3.63, 3.8) is 0 Å². The maximum Gasteiger partial charge on any atom is 0.346 e. The molecule has 0 saturated heterocycles. The Morgan fingerprint density at radius 2 is 1.88 bits per heavy atom. The molecule has 9 nitrogen and oxygen atoms in total. The second kappa shape index (κ2) is 8.38. The van der Waals surface area contributed by atoms with E-state index in [1.165, 1.54) is 43.5 Å². The third-order valence-corrected chi connectivity index (χ3v) is 3.17. The van der Waals surface area contributed by atoms with E-state index in [-0.39, 0.29) is 18.2 Å².